The third-order valence-electron chi connectivity index (χ3n) is 7.27. The minimum Gasteiger partial charge on any atom is -0.378 e. The molecule has 1 N–H and O–H groups in total. The molecule has 0 aliphatic carbocycles. The highest BCUT2D eigenvalue weighted by atomic mass is 35.5. The summed E-state index contributed by atoms with van der Waals surface area (Å²) in [5, 5.41) is 3.47. The number of rotatable bonds is 10. The van der Waals surface area contributed by atoms with Crippen molar-refractivity contribution in [2.24, 2.45) is 0 Å². The lowest BCUT2D eigenvalue weighted by Gasteiger charge is -2.26. The number of halogens is 1. The van der Waals surface area contributed by atoms with Crippen molar-refractivity contribution in [2.75, 3.05) is 32.8 Å². The second-order valence-electron chi connectivity index (χ2n) is 10.1. The van der Waals surface area contributed by atoms with E-state index in [4.69, 9.17) is 21.3 Å². The van der Waals surface area contributed by atoms with E-state index in [0.29, 0.717) is 54.9 Å². The minimum atomic E-state index is -0.247. The zero-order valence-corrected chi connectivity index (χ0v) is 23.9. The van der Waals surface area contributed by atoms with Crippen molar-refractivity contribution < 1.29 is 14.3 Å². The van der Waals surface area contributed by atoms with E-state index in [9.17, 15) is 14.4 Å². The Labute approximate surface area is 243 Å². The number of amides is 2. The number of benzene rings is 2. The number of carbonyl (C=O) groups is 2. The molecule has 0 radical (unpaired) electrons. The molecule has 1 aliphatic heterocycles. The summed E-state index contributed by atoms with van der Waals surface area (Å²) in [6.45, 7) is 5.39. The zero-order chi connectivity index (χ0) is 28.8. The molecule has 3 heterocycles. The Balaban J connectivity index is 1.36. The van der Waals surface area contributed by atoms with Gasteiger partial charge in [0.05, 0.1) is 24.6 Å². The molecule has 0 saturated carbocycles. The third-order valence-corrected chi connectivity index (χ3v) is 7.53. The van der Waals surface area contributed by atoms with Gasteiger partial charge in [-0.1, -0.05) is 55.6 Å². The maximum atomic E-state index is 13.2. The van der Waals surface area contributed by atoms with Gasteiger partial charge in [-0.2, -0.15) is 0 Å². The maximum absolute atomic E-state index is 13.2. The number of aromatic nitrogens is 3. The minimum absolute atomic E-state index is 0.0126. The Morgan fingerprint density at radius 2 is 1.71 bits per heavy atom. The third kappa shape index (κ3) is 6.69. The molecule has 10 heteroatoms. The molecule has 5 rings (SSSR count). The molecule has 0 bridgehead atoms. The average molecular weight is 576 g/mol. The molecule has 1 fully saturated rings. The summed E-state index contributed by atoms with van der Waals surface area (Å²) >= 11 is 6.06. The van der Waals surface area contributed by atoms with Crippen molar-refractivity contribution >= 4 is 29.2 Å². The molecule has 0 spiro atoms. The van der Waals surface area contributed by atoms with E-state index in [0.717, 1.165) is 36.1 Å². The van der Waals surface area contributed by atoms with Gasteiger partial charge in [0.25, 0.3) is 11.5 Å². The van der Waals surface area contributed by atoms with Crippen LogP contribution in [0.15, 0.2) is 65.6 Å². The van der Waals surface area contributed by atoms with Gasteiger partial charge in [0.2, 0.25) is 11.7 Å². The second-order valence-corrected chi connectivity index (χ2v) is 10.5. The van der Waals surface area contributed by atoms with E-state index in [2.05, 4.69) is 16.8 Å². The predicted octanol–water partition coefficient (Wildman–Crippen LogP) is 4.65. The van der Waals surface area contributed by atoms with Crippen molar-refractivity contribution in [1.82, 2.24) is 24.2 Å². The molecule has 1 aliphatic rings. The molecule has 214 valence electrons. The quantitative estimate of drug-likeness (QED) is 0.278. The van der Waals surface area contributed by atoms with Gasteiger partial charge < -0.3 is 19.5 Å². The summed E-state index contributed by atoms with van der Waals surface area (Å²) in [6.07, 6.45) is 5.07. The van der Waals surface area contributed by atoms with Gasteiger partial charge in [-0.05, 0) is 36.2 Å². The topological polar surface area (TPSA) is 97.9 Å². The Kier molecular flexibility index (Phi) is 9.16. The Bertz CT molecular complexity index is 1570. The number of imidazole rings is 1. The van der Waals surface area contributed by atoms with Crippen LogP contribution >= 0.6 is 11.6 Å². The number of ether oxygens (including phenoxy) is 1. The first-order valence-electron chi connectivity index (χ1n) is 14.1. The first kappa shape index (κ1) is 28.6. The molecular formula is C31H34ClN5O4. The van der Waals surface area contributed by atoms with Crippen molar-refractivity contribution in [2.45, 2.75) is 39.2 Å². The molecule has 1 saturated heterocycles. The number of hydrogen-bond acceptors (Lipinski definition) is 5. The normalized spacial score (nSPS) is 13.5. The van der Waals surface area contributed by atoms with Crippen LogP contribution in [0.2, 0.25) is 5.02 Å². The van der Waals surface area contributed by atoms with Gasteiger partial charge in [0.1, 0.15) is 0 Å². The summed E-state index contributed by atoms with van der Waals surface area (Å²) in [5.74, 6) is 0.335. The van der Waals surface area contributed by atoms with Crippen LogP contribution in [0.4, 0.5) is 0 Å². The van der Waals surface area contributed by atoms with Gasteiger partial charge >= 0.3 is 0 Å². The molecule has 4 aromatic rings. The van der Waals surface area contributed by atoms with Gasteiger partial charge in [-0.3, -0.25) is 18.8 Å². The van der Waals surface area contributed by atoms with E-state index >= 15 is 0 Å². The van der Waals surface area contributed by atoms with Crippen LogP contribution in [0.5, 0.6) is 0 Å². The van der Waals surface area contributed by atoms with Crippen molar-refractivity contribution in [1.29, 1.82) is 0 Å². The maximum Gasteiger partial charge on any atom is 0.259 e. The fourth-order valence-electron chi connectivity index (χ4n) is 4.98. The molecule has 0 unspecified atom stereocenters. The fraction of sp³-hybridized carbons (Fsp3) is 0.355. The molecule has 2 aromatic heterocycles. The van der Waals surface area contributed by atoms with E-state index < -0.39 is 0 Å². The highest BCUT2D eigenvalue weighted by Gasteiger charge is 2.18. The largest absolute Gasteiger partial charge is 0.378 e. The second kappa shape index (κ2) is 13.1. The van der Waals surface area contributed by atoms with E-state index in [1.807, 2.05) is 24.3 Å². The van der Waals surface area contributed by atoms with Crippen molar-refractivity contribution in [3.05, 3.63) is 81.7 Å². The Morgan fingerprint density at radius 1 is 1.00 bits per heavy atom. The van der Waals surface area contributed by atoms with Crippen LogP contribution in [0.3, 0.4) is 0 Å². The number of morpholine rings is 1. The standard InChI is InChI=1S/C31H34ClN5O4/c1-2-3-4-15-36-27(20-29(39)37-21-26(34-31(36)37)22-9-11-25(32)12-10-22)23-5-7-24(8-6-23)30(40)33-14-13-28(38)35-16-18-41-19-17-35/h5-12,20-21H,2-4,13-19H2,1H3,(H,33,40). The number of unbranched alkanes of at least 4 members (excludes halogenated alkanes) is 2. The summed E-state index contributed by atoms with van der Waals surface area (Å²) in [5.41, 5.74) is 3.44. The molecule has 2 amide bonds. The number of fused-ring (bicyclic) bond motifs is 1. The number of nitrogens with one attached hydrogen (secondary N) is 1. The van der Waals surface area contributed by atoms with Gasteiger partial charge in [0.15, 0.2) is 0 Å². The molecule has 41 heavy (non-hydrogen) atoms. The monoisotopic (exact) mass is 575 g/mol. The van der Waals surface area contributed by atoms with Crippen LogP contribution in [0, 0.1) is 0 Å². The zero-order valence-electron chi connectivity index (χ0n) is 23.1. The van der Waals surface area contributed by atoms with Gasteiger partial charge in [-0.25, -0.2) is 4.98 Å². The van der Waals surface area contributed by atoms with Crippen molar-refractivity contribution in [3.8, 4) is 22.5 Å². The molecular weight excluding hydrogens is 542 g/mol. The molecule has 0 atom stereocenters. The first-order chi connectivity index (χ1) is 19.9. The summed E-state index contributed by atoms with van der Waals surface area (Å²) in [7, 11) is 0. The van der Waals surface area contributed by atoms with Gasteiger partial charge in [-0.15, -0.1) is 0 Å². The highest BCUT2D eigenvalue weighted by molar-refractivity contribution is 6.30. The smallest absolute Gasteiger partial charge is 0.259 e. The number of carbonyl (C=O) groups excluding carboxylic acids is 2. The van der Waals surface area contributed by atoms with Crippen LogP contribution in [-0.4, -0.2) is 63.5 Å². The van der Waals surface area contributed by atoms with E-state index in [-0.39, 0.29) is 30.3 Å². The number of nitrogens with zero attached hydrogens (tertiary/aromatic N) is 4. The fourth-order valence-corrected chi connectivity index (χ4v) is 5.11. The number of aryl methyl sites for hydroxylation is 1. The molecule has 9 nitrogen and oxygen atoms in total. The highest BCUT2D eigenvalue weighted by Crippen LogP contribution is 2.25. The summed E-state index contributed by atoms with van der Waals surface area (Å²) in [6, 6.07) is 16.2. The lowest BCUT2D eigenvalue weighted by atomic mass is 10.1. The summed E-state index contributed by atoms with van der Waals surface area (Å²) < 4.78 is 8.94. The van der Waals surface area contributed by atoms with Crippen LogP contribution in [0.25, 0.3) is 28.3 Å². The summed E-state index contributed by atoms with van der Waals surface area (Å²) in [4.78, 5) is 44.9. The van der Waals surface area contributed by atoms with Crippen LogP contribution in [0.1, 0.15) is 43.0 Å². The van der Waals surface area contributed by atoms with Crippen LogP contribution < -0.4 is 10.9 Å². The lowest BCUT2D eigenvalue weighted by molar-refractivity contribution is -0.135. The number of hydrogen-bond donors (Lipinski definition) is 1. The van der Waals surface area contributed by atoms with Crippen molar-refractivity contribution in [3.63, 3.8) is 0 Å². The average Bonchev–Trinajstić information content (AvgIpc) is 3.45. The SMILES string of the molecule is CCCCCn1c(-c2ccc(C(=O)NCCC(=O)N3CCOCC3)cc2)cc(=O)n2cc(-c3ccc(Cl)cc3)nc12. The first-order valence-corrected chi connectivity index (χ1v) is 14.5. The lowest BCUT2D eigenvalue weighted by Crippen LogP contribution is -2.42. The van der Waals surface area contributed by atoms with Crippen LogP contribution in [-0.2, 0) is 16.1 Å². The van der Waals surface area contributed by atoms with Gasteiger partial charge in [0, 0.05) is 61.0 Å². The molecule has 2 aromatic carbocycles. The predicted molar refractivity (Wildman–Crippen MR) is 159 cm³/mol. The Morgan fingerprint density at radius 3 is 2.41 bits per heavy atom. The van der Waals surface area contributed by atoms with E-state index in [1.54, 1.807) is 45.8 Å². The Hall–Kier alpha value is -3.95. The van der Waals surface area contributed by atoms with E-state index in [1.165, 1.54) is 0 Å².